The highest BCUT2D eigenvalue weighted by atomic mass is 32.2. The smallest absolute Gasteiger partial charge is 0.268 e. The molecule has 3 aromatic rings. The van der Waals surface area contributed by atoms with E-state index in [2.05, 4.69) is 5.32 Å². The minimum absolute atomic E-state index is 0.122. The number of methoxy groups -OCH3 is 1. The number of nitrogens with zero attached hydrogens (tertiary/aromatic N) is 1. The van der Waals surface area contributed by atoms with Gasteiger partial charge in [-0.25, -0.2) is 8.42 Å². The molecule has 4 rings (SSSR count). The van der Waals surface area contributed by atoms with Gasteiger partial charge in [-0.05, 0) is 60.9 Å². The maximum Gasteiger partial charge on any atom is 0.268 e. The van der Waals surface area contributed by atoms with Gasteiger partial charge in [0.15, 0.2) is 0 Å². The lowest BCUT2D eigenvalue weighted by atomic mass is 10.1. The van der Waals surface area contributed by atoms with Crippen LogP contribution in [0.15, 0.2) is 71.6 Å². The third kappa shape index (κ3) is 3.64. The van der Waals surface area contributed by atoms with E-state index < -0.39 is 10.0 Å². The van der Waals surface area contributed by atoms with Gasteiger partial charge in [0.2, 0.25) is 0 Å². The average molecular weight is 423 g/mol. The number of nitrogens with one attached hydrogen (secondary N) is 1. The zero-order chi connectivity index (χ0) is 21.3. The van der Waals surface area contributed by atoms with E-state index in [1.807, 2.05) is 37.3 Å². The molecule has 1 aliphatic heterocycles. The Labute approximate surface area is 176 Å². The van der Waals surface area contributed by atoms with Crippen LogP contribution in [0.4, 0.5) is 11.4 Å². The number of para-hydroxylation sites is 1. The van der Waals surface area contributed by atoms with Crippen LogP contribution in [0.2, 0.25) is 0 Å². The number of benzene rings is 3. The van der Waals surface area contributed by atoms with Crippen molar-refractivity contribution >= 4 is 27.3 Å². The van der Waals surface area contributed by atoms with Crippen LogP contribution >= 0.6 is 0 Å². The van der Waals surface area contributed by atoms with Gasteiger partial charge in [-0.1, -0.05) is 30.3 Å². The Morgan fingerprint density at radius 2 is 1.80 bits per heavy atom. The number of amides is 1. The molecular formula is C23H22N2O4S. The van der Waals surface area contributed by atoms with E-state index in [4.69, 9.17) is 4.74 Å². The van der Waals surface area contributed by atoms with Crippen molar-refractivity contribution in [1.82, 2.24) is 0 Å². The van der Waals surface area contributed by atoms with Gasteiger partial charge >= 0.3 is 0 Å². The normalized spacial score (nSPS) is 13.1. The van der Waals surface area contributed by atoms with E-state index in [0.29, 0.717) is 35.7 Å². The number of rotatable bonds is 5. The van der Waals surface area contributed by atoms with Crippen molar-refractivity contribution in [2.45, 2.75) is 18.2 Å². The van der Waals surface area contributed by atoms with Crippen molar-refractivity contribution < 1.29 is 17.9 Å². The fraction of sp³-hybridized carbons (Fsp3) is 0.174. The topological polar surface area (TPSA) is 75.7 Å². The molecule has 1 amide bonds. The summed E-state index contributed by atoms with van der Waals surface area (Å²) in [7, 11) is -2.39. The first kappa shape index (κ1) is 20.0. The predicted octanol–water partition coefficient (Wildman–Crippen LogP) is 4.01. The van der Waals surface area contributed by atoms with Gasteiger partial charge in [-0.2, -0.15) is 0 Å². The monoisotopic (exact) mass is 422 g/mol. The lowest BCUT2D eigenvalue weighted by Crippen LogP contribution is -2.29. The van der Waals surface area contributed by atoms with Crippen LogP contribution < -0.4 is 14.4 Å². The van der Waals surface area contributed by atoms with Crippen molar-refractivity contribution in [3.8, 4) is 5.75 Å². The van der Waals surface area contributed by atoms with E-state index in [1.54, 1.807) is 36.4 Å². The number of hydrogen-bond donors (Lipinski definition) is 1. The molecular weight excluding hydrogens is 400 g/mol. The van der Waals surface area contributed by atoms with Crippen molar-refractivity contribution in [1.29, 1.82) is 0 Å². The van der Waals surface area contributed by atoms with Gasteiger partial charge < -0.3 is 10.1 Å². The number of sulfonamides is 1. The highest BCUT2D eigenvalue weighted by Crippen LogP contribution is 2.36. The molecule has 0 bridgehead atoms. The van der Waals surface area contributed by atoms with Gasteiger partial charge in [-0.15, -0.1) is 0 Å². The standard InChI is InChI=1S/C23H22N2O4S/c1-16-8-11-21(29-2)22(14-16)30(27,28)25-13-12-17-9-10-18(15-20(17)25)23(26)24-19-6-4-3-5-7-19/h3-11,14-15H,12-13H2,1-2H3,(H,24,26). The molecule has 30 heavy (non-hydrogen) atoms. The molecule has 0 unspecified atom stereocenters. The van der Waals surface area contributed by atoms with Crippen molar-refractivity contribution in [3.05, 3.63) is 83.4 Å². The molecule has 1 N–H and O–H groups in total. The van der Waals surface area contributed by atoms with Crippen molar-refractivity contribution in [2.75, 3.05) is 23.3 Å². The highest BCUT2D eigenvalue weighted by Gasteiger charge is 2.33. The second kappa shape index (κ2) is 7.84. The molecule has 0 fully saturated rings. The van der Waals surface area contributed by atoms with E-state index >= 15 is 0 Å². The van der Waals surface area contributed by atoms with Crippen LogP contribution in [0.1, 0.15) is 21.5 Å². The summed E-state index contributed by atoms with van der Waals surface area (Å²) in [6.07, 6.45) is 0.587. The second-order valence-electron chi connectivity index (χ2n) is 7.15. The summed E-state index contributed by atoms with van der Waals surface area (Å²) in [5.41, 5.74) is 3.32. The summed E-state index contributed by atoms with van der Waals surface area (Å²) < 4.78 is 33.5. The lowest BCUT2D eigenvalue weighted by molar-refractivity contribution is 0.102. The summed E-state index contributed by atoms with van der Waals surface area (Å²) in [6, 6.07) is 19.4. The summed E-state index contributed by atoms with van der Waals surface area (Å²) in [5.74, 6) is 0.00779. The highest BCUT2D eigenvalue weighted by molar-refractivity contribution is 7.93. The maximum absolute atomic E-state index is 13.4. The first-order chi connectivity index (χ1) is 14.4. The SMILES string of the molecule is COc1ccc(C)cc1S(=O)(=O)N1CCc2ccc(C(=O)Nc3ccccc3)cc21. The molecule has 1 heterocycles. The van der Waals surface area contributed by atoms with Crippen molar-refractivity contribution in [3.63, 3.8) is 0 Å². The zero-order valence-corrected chi connectivity index (χ0v) is 17.6. The third-order valence-electron chi connectivity index (χ3n) is 5.12. The summed E-state index contributed by atoms with van der Waals surface area (Å²) in [6.45, 7) is 2.15. The van der Waals surface area contributed by atoms with Crippen LogP contribution in [0.3, 0.4) is 0 Å². The van der Waals surface area contributed by atoms with Gasteiger partial charge in [0.1, 0.15) is 10.6 Å². The van der Waals surface area contributed by atoms with Crippen LogP contribution in [0.25, 0.3) is 0 Å². The molecule has 6 nitrogen and oxygen atoms in total. The number of anilines is 2. The lowest BCUT2D eigenvalue weighted by Gasteiger charge is -2.21. The van der Waals surface area contributed by atoms with E-state index in [1.165, 1.54) is 11.4 Å². The second-order valence-corrected chi connectivity index (χ2v) is 8.98. The Balaban J connectivity index is 1.69. The van der Waals surface area contributed by atoms with Gasteiger partial charge in [0, 0.05) is 17.8 Å². The first-order valence-electron chi connectivity index (χ1n) is 9.57. The molecule has 0 saturated heterocycles. The molecule has 0 spiro atoms. The molecule has 154 valence electrons. The number of ether oxygens (including phenoxy) is 1. The van der Waals surface area contributed by atoms with Crippen LogP contribution in [0, 0.1) is 6.92 Å². The van der Waals surface area contributed by atoms with Crippen molar-refractivity contribution in [2.24, 2.45) is 0 Å². The van der Waals surface area contributed by atoms with Gasteiger partial charge in [0.05, 0.1) is 12.8 Å². The van der Waals surface area contributed by atoms with E-state index in [9.17, 15) is 13.2 Å². The Kier molecular flexibility index (Phi) is 5.22. The number of carbonyl (C=O) groups is 1. The average Bonchev–Trinajstić information content (AvgIpc) is 3.18. The first-order valence-corrected chi connectivity index (χ1v) is 11.0. The fourth-order valence-electron chi connectivity index (χ4n) is 3.57. The summed E-state index contributed by atoms with van der Waals surface area (Å²) in [5, 5.41) is 2.83. The summed E-state index contributed by atoms with van der Waals surface area (Å²) >= 11 is 0. The number of fused-ring (bicyclic) bond motifs is 1. The number of carbonyl (C=O) groups excluding carboxylic acids is 1. The largest absolute Gasteiger partial charge is 0.495 e. The quantitative estimate of drug-likeness (QED) is 0.674. The summed E-state index contributed by atoms with van der Waals surface area (Å²) in [4.78, 5) is 12.8. The van der Waals surface area contributed by atoms with Crippen LogP contribution in [-0.4, -0.2) is 28.0 Å². The Morgan fingerprint density at radius 1 is 1.03 bits per heavy atom. The molecule has 3 aromatic carbocycles. The van der Waals surface area contributed by atoms with Crippen LogP contribution in [0.5, 0.6) is 5.75 Å². The molecule has 0 atom stereocenters. The predicted molar refractivity (Wildman–Crippen MR) is 117 cm³/mol. The minimum Gasteiger partial charge on any atom is -0.495 e. The van der Waals surface area contributed by atoms with Gasteiger partial charge in [0.25, 0.3) is 15.9 Å². The Hall–Kier alpha value is -3.32. The zero-order valence-electron chi connectivity index (χ0n) is 16.8. The molecule has 0 aromatic heterocycles. The molecule has 7 heteroatoms. The molecule has 0 radical (unpaired) electrons. The van der Waals surface area contributed by atoms with E-state index in [0.717, 1.165) is 11.1 Å². The third-order valence-corrected chi connectivity index (χ3v) is 6.95. The molecule has 0 aliphatic carbocycles. The molecule has 0 saturated carbocycles. The fourth-order valence-corrected chi connectivity index (χ4v) is 5.31. The van der Waals surface area contributed by atoms with Crippen LogP contribution in [-0.2, 0) is 16.4 Å². The number of hydrogen-bond acceptors (Lipinski definition) is 4. The molecule has 1 aliphatic rings. The Morgan fingerprint density at radius 3 is 2.53 bits per heavy atom. The van der Waals surface area contributed by atoms with Gasteiger partial charge in [-0.3, -0.25) is 9.10 Å². The Bertz CT molecular complexity index is 1210. The van der Waals surface area contributed by atoms with E-state index in [-0.39, 0.29) is 10.8 Å². The maximum atomic E-state index is 13.4. The number of aryl methyl sites for hydroxylation is 1. The minimum atomic E-state index is -3.84.